The van der Waals surface area contributed by atoms with E-state index in [1.54, 1.807) is 4.90 Å². The Bertz CT molecular complexity index is 1330. The van der Waals surface area contributed by atoms with Crippen LogP contribution in [0.15, 0.2) is 34.9 Å². The summed E-state index contributed by atoms with van der Waals surface area (Å²) in [6.07, 6.45) is -1.79. The Morgan fingerprint density at radius 2 is 2.00 bits per heavy atom. The Balaban J connectivity index is 1.45. The van der Waals surface area contributed by atoms with Crippen molar-refractivity contribution in [2.75, 3.05) is 20.2 Å². The number of halogens is 4. The van der Waals surface area contributed by atoms with Crippen molar-refractivity contribution < 1.29 is 36.3 Å². The molecule has 2 aliphatic rings. The fourth-order valence-corrected chi connectivity index (χ4v) is 4.69. The van der Waals surface area contributed by atoms with Gasteiger partial charge in [-0.1, -0.05) is 6.07 Å². The van der Waals surface area contributed by atoms with Crippen molar-refractivity contribution in [3.63, 3.8) is 0 Å². The van der Waals surface area contributed by atoms with Gasteiger partial charge in [0.15, 0.2) is 11.6 Å². The fourth-order valence-electron chi connectivity index (χ4n) is 4.69. The van der Waals surface area contributed by atoms with Gasteiger partial charge >= 0.3 is 12.5 Å². The van der Waals surface area contributed by atoms with Crippen molar-refractivity contribution in [1.29, 1.82) is 0 Å². The first-order chi connectivity index (χ1) is 17.3. The van der Waals surface area contributed by atoms with Crippen LogP contribution >= 0.6 is 0 Å². The number of pyridine rings is 1. The maximum Gasteiger partial charge on any atom is 0.409 e. The zero-order valence-electron chi connectivity index (χ0n) is 18.8. The summed E-state index contributed by atoms with van der Waals surface area (Å²) in [7, 11) is 1.25. The third kappa shape index (κ3) is 4.14. The van der Waals surface area contributed by atoms with Gasteiger partial charge in [0.25, 0.3) is 11.8 Å². The van der Waals surface area contributed by atoms with E-state index in [-0.39, 0.29) is 42.6 Å². The molecule has 0 spiro atoms. The molecule has 9 nitrogen and oxygen atoms in total. The lowest BCUT2D eigenvalue weighted by Gasteiger charge is -2.42. The van der Waals surface area contributed by atoms with Crippen LogP contribution in [-0.2, 0) is 11.3 Å². The summed E-state index contributed by atoms with van der Waals surface area (Å²) < 4.78 is 63.1. The molecule has 2 aliphatic heterocycles. The molecular formula is C23H19F4N5O4. The molecule has 1 fully saturated rings. The summed E-state index contributed by atoms with van der Waals surface area (Å²) in [6, 6.07) is 4.48. The van der Waals surface area contributed by atoms with Crippen LogP contribution < -0.4 is 0 Å². The number of benzene rings is 1. The van der Waals surface area contributed by atoms with Gasteiger partial charge in [0.2, 0.25) is 5.89 Å². The number of hydrogen-bond donors (Lipinski definition) is 0. The molecular weight excluding hydrogens is 486 g/mol. The number of carbonyl (C=O) groups is 2. The van der Waals surface area contributed by atoms with Gasteiger partial charge in [-0.15, -0.1) is 10.2 Å². The molecule has 3 aromatic rings. The zero-order valence-corrected chi connectivity index (χ0v) is 18.8. The number of piperidine rings is 1. The molecule has 4 heterocycles. The largest absolute Gasteiger partial charge is 0.453 e. The predicted octanol–water partition coefficient (Wildman–Crippen LogP) is 3.93. The molecule has 0 N–H and O–H groups in total. The topological polar surface area (TPSA) is 102 Å². The van der Waals surface area contributed by atoms with Crippen molar-refractivity contribution in [3.05, 3.63) is 64.8 Å². The van der Waals surface area contributed by atoms with Crippen LogP contribution in [0, 0.1) is 11.6 Å². The number of methoxy groups -OCH3 is 1. The van der Waals surface area contributed by atoms with Gasteiger partial charge in [0, 0.05) is 31.2 Å². The molecule has 0 saturated carbocycles. The fraction of sp³-hybridized carbons (Fsp3) is 0.348. The van der Waals surface area contributed by atoms with Gasteiger partial charge in [-0.3, -0.25) is 9.78 Å². The van der Waals surface area contributed by atoms with Gasteiger partial charge in [-0.05, 0) is 30.2 Å². The quantitative estimate of drug-likeness (QED) is 0.495. The van der Waals surface area contributed by atoms with E-state index in [9.17, 15) is 27.2 Å². The third-order valence-corrected chi connectivity index (χ3v) is 6.44. The highest BCUT2D eigenvalue weighted by Gasteiger charge is 2.42. The summed E-state index contributed by atoms with van der Waals surface area (Å²) >= 11 is 0. The Morgan fingerprint density at radius 3 is 2.69 bits per heavy atom. The molecule has 2 amide bonds. The SMILES string of the molecule is COC(=O)N1CC[C@@H](N2Cc3ncc(-c4nnc(C(F)F)o4)cc3C2=O)[C@H](c2ccc(F)c(F)c2)C1. The lowest BCUT2D eigenvalue weighted by molar-refractivity contribution is 0.0515. The van der Waals surface area contributed by atoms with Gasteiger partial charge in [0.05, 0.1) is 30.5 Å². The van der Waals surface area contributed by atoms with Crippen LogP contribution in [0.3, 0.4) is 0 Å². The van der Waals surface area contributed by atoms with Crippen molar-refractivity contribution in [3.8, 4) is 11.5 Å². The summed E-state index contributed by atoms with van der Waals surface area (Å²) in [4.78, 5) is 32.9. The van der Waals surface area contributed by atoms with Crippen LogP contribution in [0.2, 0.25) is 0 Å². The molecule has 13 heteroatoms. The van der Waals surface area contributed by atoms with Gasteiger partial charge in [-0.2, -0.15) is 8.78 Å². The number of hydrogen-bond acceptors (Lipinski definition) is 7. The first kappa shape index (κ1) is 23.7. The molecule has 2 atom stereocenters. The second-order valence-corrected chi connectivity index (χ2v) is 8.45. The highest BCUT2D eigenvalue weighted by Crippen LogP contribution is 2.37. The van der Waals surface area contributed by atoms with Crippen molar-refractivity contribution >= 4 is 12.0 Å². The smallest absolute Gasteiger partial charge is 0.409 e. The number of ether oxygens (including phenoxy) is 1. The summed E-state index contributed by atoms with van der Waals surface area (Å²) in [5.74, 6) is -3.99. The molecule has 1 saturated heterocycles. The van der Waals surface area contributed by atoms with Crippen molar-refractivity contribution in [1.82, 2.24) is 25.0 Å². The van der Waals surface area contributed by atoms with Crippen LogP contribution in [0.1, 0.15) is 46.3 Å². The van der Waals surface area contributed by atoms with E-state index in [1.165, 1.54) is 30.3 Å². The summed E-state index contributed by atoms with van der Waals surface area (Å²) in [6.45, 7) is 0.554. The van der Waals surface area contributed by atoms with Crippen molar-refractivity contribution in [2.45, 2.75) is 31.4 Å². The highest BCUT2D eigenvalue weighted by atomic mass is 19.3. The van der Waals surface area contributed by atoms with E-state index >= 15 is 0 Å². The number of fused-ring (bicyclic) bond motifs is 1. The summed E-state index contributed by atoms with van der Waals surface area (Å²) in [5, 5.41) is 6.88. The maximum absolute atomic E-state index is 14.1. The lowest BCUT2D eigenvalue weighted by Crippen LogP contribution is -2.51. The number of nitrogens with zero attached hydrogens (tertiary/aromatic N) is 5. The molecule has 36 heavy (non-hydrogen) atoms. The molecule has 188 valence electrons. The minimum Gasteiger partial charge on any atom is -0.453 e. The van der Waals surface area contributed by atoms with E-state index in [1.807, 2.05) is 0 Å². The Kier molecular flexibility index (Phi) is 6.06. The molecule has 2 aromatic heterocycles. The van der Waals surface area contributed by atoms with Crippen molar-refractivity contribution in [2.24, 2.45) is 0 Å². The molecule has 0 aliphatic carbocycles. The van der Waals surface area contributed by atoms with E-state index in [2.05, 4.69) is 15.2 Å². The lowest BCUT2D eigenvalue weighted by atomic mass is 9.85. The van der Waals surface area contributed by atoms with Gasteiger partial charge in [-0.25, -0.2) is 13.6 Å². The van der Waals surface area contributed by atoms with E-state index < -0.39 is 42.0 Å². The van der Waals surface area contributed by atoms with Crippen LogP contribution in [0.25, 0.3) is 11.5 Å². The third-order valence-electron chi connectivity index (χ3n) is 6.44. The van der Waals surface area contributed by atoms with Gasteiger partial charge < -0.3 is 19.0 Å². The number of aromatic nitrogens is 3. The minimum atomic E-state index is -2.94. The van der Waals surface area contributed by atoms with E-state index in [4.69, 9.17) is 9.15 Å². The Morgan fingerprint density at radius 1 is 1.19 bits per heavy atom. The zero-order chi connectivity index (χ0) is 25.6. The highest BCUT2D eigenvalue weighted by molar-refractivity contribution is 5.99. The first-order valence-corrected chi connectivity index (χ1v) is 11.0. The average Bonchev–Trinajstić information content (AvgIpc) is 3.50. The first-order valence-electron chi connectivity index (χ1n) is 11.0. The van der Waals surface area contributed by atoms with Crippen LogP contribution in [-0.4, -0.2) is 63.2 Å². The number of carbonyl (C=O) groups excluding carboxylic acids is 2. The molecule has 0 radical (unpaired) electrons. The molecule has 0 unspecified atom stereocenters. The van der Waals surface area contributed by atoms with Crippen LogP contribution in [0.4, 0.5) is 22.4 Å². The number of likely N-dealkylation sites (tertiary alicyclic amines) is 1. The number of rotatable bonds is 4. The molecule has 5 rings (SSSR count). The number of amides is 2. The molecule has 0 bridgehead atoms. The second kappa shape index (κ2) is 9.21. The minimum absolute atomic E-state index is 0.125. The summed E-state index contributed by atoms with van der Waals surface area (Å²) in [5.41, 5.74) is 1.33. The van der Waals surface area contributed by atoms with Gasteiger partial charge in [0.1, 0.15) is 0 Å². The average molecular weight is 505 g/mol. The Hall–Kier alpha value is -4.03. The maximum atomic E-state index is 14.1. The standard InChI is InChI=1S/C23H19F4N5O4/c1-35-23(34)31-5-4-18(14(9-31)11-2-3-15(24)16(25)7-11)32-10-17-13(22(32)33)6-12(8-28-17)20-29-30-21(36-20)19(26)27/h2-3,6-8,14,18-19H,4-5,9-10H2,1H3/t14-,18+/m0/s1. The second-order valence-electron chi connectivity index (χ2n) is 8.45. The van der Waals surface area contributed by atoms with E-state index in [0.29, 0.717) is 17.7 Å². The van der Waals surface area contributed by atoms with Crippen LogP contribution in [0.5, 0.6) is 0 Å². The van der Waals surface area contributed by atoms with E-state index in [0.717, 1.165) is 12.1 Å². The monoisotopic (exact) mass is 505 g/mol. The number of alkyl halides is 2. The Labute approximate surface area is 201 Å². The normalized spacial score (nSPS) is 19.7. The predicted molar refractivity (Wildman–Crippen MR) is 114 cm³/mol. The molecule has 1 aromatic carbocycles.